The molecule has 139 heavy (non-hydrogen) atoms. The van der Waals surface area contributed by atoms with Gasteiger partial charge in [0, 0.05) is 145 Å². The summed E-state index contributed by atoms with van der Waals surface area (Å²) in [5, 5.41) is 21.3. The van der Waals surface area contributed by atoms with Crippen molar-refractivity contribution < 1.29 is 0 Å². The van der Waals surface area contributed by atoms with Crippen molar-refractivity contribution in [2.24, 2.45) is 0 Å². The smallest absolute Gasteiger partial charge is 0.138 e. The van der Waals surface area contributed by atoms with E-state index in [1.165, 1.54) is 243 Å². The number of pyridine rings is 2. The number of benzene rings is 18. The quantitative estimate of drug-likeness (QED) is 0.159. The molecular formula is C124H74N12S3. The number of imidazole rings is 3. The van der Waals surface area contributed by atoms with Crippen LogP contribution < -0.4 is 0 Å². The molecule has 0 bridgehead atoms. The van der Waals surface area contributed by atoms with Crippen molar-refractivity contribution in [3.05, 3.63) is 449 Å². The zero-order valence-corrected chi connectivity index (χ0v) is 76.8. The van der Waals surface area contributed by atoms with Crippen LogP contribution in [-0.4, -0.2) is 55.1 Å². The molecule has 12 nitrogen and oxygen atoms in total. The Morgan fingerprint density at radius 2 is 0.410 bits per heavy atom. The zero-order chi connectivity index (χ0) is 90.5. The van der Waals surface area contributed by atoms with E-state index in [-0.39, 0.29) is 0 Å². The third-order valence-electron chi connectivity index (χ3n) is 29.1. The van der Waals surface area contributed by atoms with Gasteiger partial charge >= 0.3 is 0 Å². The van der Waals surface area contributed by atoms with E-state index in [0.29, 0.717) is 0 Å². The lowest BCUT2D eigenvalue weighted by molar-refractivity contribution is 1.09. The number of nitrogens with zero attached hydrogens (tertiary/aromatic N) is 12. The van der Waals surface area contributed by atoms with E-state index in [9.17, 15) is 0 Å². The van der Waals surface area contributed by atoms with Crippen molar-refractivity contribution in [1.82, 2.24) is 55.1 Å². The summed E-state index contributed by atoms with van der Waals surface area (Å²) in [5.74, 6) is 0.941. The molecule has 0 fully saturated rings. The molecule has 0 radical (unpaired) electrons. The summed E-state index contributed by atoms with van der Waals surface area (Å²) in [6.45, 7) is 0. The summed E-state index contributed by atoms with van der Waals surface area (Å²) in [6.07, 6.45) is 4.06. The maximum Gasteiger partial charge on any atom is 0.138 e. The molecule has 0 amide bonds. The molecule has 15 heterocycles. The Labute approximate surface area is 802 Å². The van der Waals surface area contributed by atoms with Gasteiger partial charge in [-0.3, -0.25) is 31.5 Å². The van der Waals surface area contributed by atoms with Crippen LogP contribution in [-0.2, 0) is 0 Å². The first-order valence-corrected chi connectivity index (χ1v) is 49.5. The van der Waals surface area contributed by atoms with Crippen LogP contribution in [0.15, 0.2) is 449 Å². The summed E-state index contributed by atoms with van der Waals surface area (Å²) in [5.41, 5.74) is 30.9. The molecule has 18 aromatic carbocycles. The van der Waals surface area contributed by atoms with Gasteiger partial charge in [0.1, 0.15) is 27.6 Å². The summed E-state index contributed by atoms with van der Waals surface area (Å²) in [6, 6.07) is 159. The van der Waals surface area contributed by atoms with Crippen LogP contribution in [0.1, 0.15) is 0 Å². The second kappa shape index (κ2) is 29.3. The maximum atomic E-state index is 5.00. The molecule has 0 saturated carbocycles. The van der Waals surface area contributed by atoms with Crippen LogP contribution in [0.2, 0.25) is 0 Å². The van der Waals surface area contributed by atoms with Gasteiger partial charge in [-0.2, -0.15) is 0 Å². The Morgan fingerprint density at radius 3 is 0.791 bits per heavy atom. The number of fused-ring (bicyclic) bond motifs is 36. The monoisotopic (exact) mass is 1830 g/mol. The standard InChI is InChI=1S/C50H30N4S.2C37H22N4S/c1-5-15-41-31(11-1)27-50-53(46-19-9-10-20-47(46)54(41)50)34-23-26-49-40(30-34)39-29-33(22-25-48(39)55-49)52-44-18-8-4-14-37(44)38-28-32(21-24-45(38)52)51-42-16-6-2-12-35(42)36-13-3-7-17-43(36)51;1-4-12-30-23(9-1)19-36-40(33-15-7-8-16-34(33)41(30)36)24-17-18-35-28(20-24)29-21-25(22-38-37(29)42-35)39-31-13-5-2-10-26(31)27-11-3-6-14-32(27)39;1-4-12-29-23(9-1)19-37-39(32-15-7-8-16-33(32)41(29)37)24-17-18-34-27(20-24)28-21-36(38-22-35(28)42-34)40-30-13-5-2-10-25(30)26-11-3-6-14-31(26)40/h1-30H;2*1-22H. The first-order valence-electron chi connectivity index (χ1n) is 47.1. The van der Waals surface area contributed by atoms with E-state index in [1.807, 2.05) is 23.7 Å². The van der Waals surface area contributed by atoms with Crippen LogP contribution in [0.4, 0.5) is 0 Å². The minimum Gasteiger partial charge on any atom is -0.309 e. The van der Waals surface area contributed by atoms with Crippen molar-refractivity contribution >= 4 is 265 Å². The van der Waals surface area contributed by atoms with Gasteiger partial charge in [0.25, 0.3) is 0 Å². The molecule has 0 aliphatic carbocycles. The second-order valence-electron chi connectivity index (χ2n) is 36.4. The molecule has 0 atom stereocenters. The molecule has 0 unspecified atom stereocenters. The molecule has 0 aliphatic rings. The lowest BCUT2D eigenvalue weighted by Crippen LogP contribution is -1.96. The lowest BCUT2D eigenvalue weighted by Gasteiger charge is -2.11. The summed E-state index contributed by atoms with van der Waals surface area (Å²) in [7, 11) is 0. The van der Waals surface area contributed by atoms with Crippen molar-refractivity contribution in [3.63, 3.8) is 0 Å². The Bertz CT molecular complexity index is 10600. The highest BCUT2D eigenvalue weighted by Crippen LogP contribution is 2.47. The number of para-hydroxylation sites is 16. The van der Waals surface area contributed by atoms with Gasteiger partial charge in [-0.25, -0.2) is 9.97 Å². The van der Waals surface area contributed by atoms with Crippen LogP contribution in [0, 0.1) is 0 Å². The number of hydrogen-bond donors (Lipinski definition) is 0. The summed E-state index contributed by atoms with van der Waals surface area (Å²) >= 11 is 5.43. The molecule has 33 rings (SSSR count). The Hall–Kier alpha value is -17.9. The van der Waals surface area contributed by atoms with Gasteiger partial charge < -0.3 is 13.7 Å². The molecule has 15 aromatic heterocycles. The largest absolute Gasteiger partial charge is 0.309 e. The zero-order valence-electron chi connectivity index (χ0n) is 74.3. The summed E-state index contributed by atoms with van der Waals surface area (Å²) in [4.78, 5) is 11.0. The normalized spacial score (nSPS) is 12.3. The fraction of sp³-hybridized carbons (Fsp3) is 0. The van der Waals surface area contributed by atoms with E-state index in [0.717, 1.165) is 27.7 Å². The fourth-order valence-corrected chi connectivity index (χ4v) is 26.3. The minimum absolute atomic E-state index is 0.941. The molecule has 0 N–H and O–H groups in total. The molecule has 33 aromatic rings. The van der Waals surface area contributed by atoms with E-state index < -0.39 is 0 Å². The Morgan fingerprint density at radius 1 is 0.151 bits per heavy atom. The van der Waals surface area contributed by atoms with Crippen molar-refractivity contribution in [2.75, 3.05) is 0 Å². The van der Waals surface area contributed by atoms with Gasteiger partial charge in [0.15, 0.2) is 0 Å². The third kappa shape index (κ3) is 11.1. The molecule has 0 aliphatic heterocycles. The SMILES string of the molecule is c1ccc2c(c1)cc1n(-c3ccc4sc5ccc(-n6c7ccccc7c7cc(-n8c9ccccc9c9ccccc98)ccc76)cc5c4c3)c3ccccc3n21.c1ccc2c(c1)cc1n(-c3ccc4sc5cnc(-n6c7ccccc7c7ccccc76)cc5c4c3)c3ccccc3n21.c1ccc2c(c1)cc1n(-c3ccc4sc5ncc(-n6c7ccccc7c7ccccc76)cc5c4c3)c3ccccc3n21. The second-order valence-corrected chi connectivity index (χ2v) is 39.6. The minimum atomic E-state index is 0.941. The number of aromatic nitrogens is 12. The predicted molar refractivity (Wildman–Crippen MR) is 587 cm³/mol. The van der Waals surface area contributed by atoms with Gasteiger partial charge in [-0.05, 0) is 218 Å². The number of rotatable bonds is 7. The van der Waals surface area contributed by atoms with Gasteiger partial charge in [0.05, 0.1) is 110 Å². The highest BCUT2D eigenvalue weighted by atomic mass is 32.1. The van der Waals surface area contributed by atoms with Crippen molar-refractivity contribution in [1.29, 1.82) is 0 Å². The van der Waals surface area contributed by atoms with Gasteiger partial charge in [0.2, 0.25) is 0 Å². The summed E-state index contributed by atoms with van der Waals surface area (Å²) < 4.78 is 30.2. The van der Waals surface area contributed by atoms with E-state index in [2.05, 4.69) is 482 Å². The highest BCUT2D eigenvalue weighted by Gasteiger charge is 2.26. The third-order valence-corrected chi connectivity index (χ3v) is 32.5. The van der Waals surface area contributed by atoms with Gasteiger partial charge in [-0.1, -0.05) is 218 Å². The lowest BCUT2D eigenvalue weighted by atomic mass is 10.1. The van der Waals surface area contributed by atoms with Crippen molar-refractivity contribution in [2.45, 2.75) is 0 Å². The Kier molecular flexibility index (Phi) is 16.1. The number of hydrogen-bond acceptors (Lipinski definition) is 5. The van der Waals surface area contributed by atoms with E-state index >= 15 is 0 Å². The van der Waals surface area contributed by atoms with Crippen LogP contribution in [0.3, 0.4) is 0 Å². The van der Waals surface area contributed by atoms with Gasteiger partial charge in [-0.15, -0.1) is 34.0 Å². The van der Waals surface area contributed by atoms with Crippen LogP contribution in [0.5, 0.6) is 0 Å². The highest BCUT2D eigenvalue weighted by molar-refractivity contribution is 7.26. The predicted octanol–water partition coefficient (Wildman–Crippen LogP) is 33.4. The molecule has 648 valence electrons. The van der Waals surface area contributed by atoms with Crippen molar-refractivity contribution in [3.8, 4) is 39.9 Å². The average Bonchev–Trinajstić information content (AvgIpc) is 1.56. The average molecular weight is 1830 g/mol. The van der Waals surface area contributed by atoms with E-state index in [4.69, 9.17) is 9.97 Å². The Balaban J connectivity index is 0.0000000977. The number of thiophene rings is 3. The molecular weight excluding hydrogens is 1750 g/mol. The topological polar surface area (TPSA) is 73.5 Å². The first kappa shape index (κ1) is 76.5. The molecule has 0 saturated heterocycles. The van der Waals surface area contributed by atoms with Crippen LogP contribution in [0.25, 0.3) is 271 Å². The molecule has 0 spiro atoms. The fourth-order valence-electron chi connectivity index (χ4n) is 23.2. The van der Waals surface area contributed by atoms with Crippen LogP contribution >= 0.6 is 34.0 Å². The van der Waals surface area contributed by atoms with E-state index in [1.54, 1.807) is 22.7 Å². The maximum absolute atomic E-state index is 5.00. The first-order chi connectivity index (χ1) is 68.9. The molecule has 15 heteroatoms.